The first-order chi connectivity index (χ1) is 9.33. The van der Waals surface area contributed by atoms with Crippen molar-refractivity contribution in [3.63, 3.8) is 0 Å². The van der Waals surface area contributed by atoms with Crippen LogP contribution in [0.25, 0.3) is 0 Å². The monoisotopic (exact) mass is 254 g/mol. The molecular weight excluding hydrogens is 236 g/mol. The Morgan fingerprint density at radius 3 is 2.95 bits per heavy atom. The van der Waals surface area contributed by atoms with Gasteiger partial charge in [-0.15, -0.1) is 0 Å². The van der Waals surface area contributed by atoms with Gasteiger partial charge in [0.2, 0.25) is 0 Å². The zero-order valence-corrected chi connectivity index (χ0v) is 11.1. The normalized spacial score (nSPS) is 22.3. The van der Waals surface area contributed by atoms with E-state index in [-0.39, 0.29) is 0 Å². The Kier molecular flexibility index (Phi) is 2.45. The van der Waals surface area contributed by atoms with E-state index in [0.717, 1.165) is 24.7 Å². The Morgan fingerprint density at radius 1 is 1.26 bits per heavy atom. The molecule has 1 N–H and O–H groups in total. The summed E-state index contributed by atoms with van der Waals surface area (Å²) in [5, 5.41) is 8.09. The molecule has 1 aromatic carbocycles. The number of hydrogen-bond acceptors (Lipinski definition) is 3. The summed E-state index contributed by atoms with van der Waals surface area (Å²) in [4.78, 5) is 4.81. The molecule has 1 saturated carbocycles. The third-order valence-electron chi connectivity index (χ3n) is 4.16. The molecule has 4 nitrogen and oxygen atoms in total. The van der Waals surface area contributed by atoms with Crippen molar-refractivity contribution in [1.82, 2.24) is 20.1 Å². The van der Waals surface area contributed by atoms with Crippen LogP contribution < -0.4 is 5.32 Å². The largest absolute Gasteiger partial charge is 0.312 e. The van der Waals surface area contributed by atoms with Crippen LogP contribution in [0.5, 0.6) is 0 Å². The fraction of sp³-hybridized carbons (Fsp3) is 0.467. The van der Waals surface area contributed by atoms with Crippen molar-refractivity contribution in [2.45, 2.75) is 31.2 Å². The minimum atomic E-state index is 0.329. The second-order valence-electron chi connectivity index (χ2n) is 5.61. The van der Waals surface area contributed by atoms with Crippen molar-refractivity contribution in [2.75, 3.05) is 6.54 Å². The zero-order chi connectivity index (χ0) is 12.8. The third kappa shape index (κ3) is 1.87. The quantitative estimate of drug-likeness (QED) is 0.890. The zero-order valence-electron chi connectivity index (χ0n) is 11.1. The lowest BCUT2D eigenvalue weighted by Crippen LogP contribution is -2.30. The summed E-state index contributed by atoms with van der Waals surface area (Å²) in [7, 11) is 2.02. The third-order valence-corrected chi connectivity index (χ3v) is 4.16. The van der Waals surface area contributed by atoms with Gasteiger partial charge in [-0.05, 0) is 24.0 Å². The number of benzene rings is 1. The molecule has 4 rings (SSSR count). The lowest BCUT2D eigenvalue weighted by molar-refractivity contribution is 0.548. The van der Waals surface area contributed by atoms with Crippen molar-refractivity contribution in [2.24, 2.45) is 7.05 Å². The van der Waals surface area contributed by atoms with Gasteiger partial charge in [-0.2, -0.15) is 5.10 Å². The molecule has 0 amide bonds. The van der Waals surface area contributed by atoms with Crippen LogP contribution in [0.3, 0.4) is 0 Å². The highest BCUT2D eigenvalue weighted by Crippen LogP contribution is 2.39. The lowest BCUT2D eigenvalue weighted by atomic mass is 9.90. The number of nitrogens with one attached hydrogen (secondary N) is 1. The van der Waals surface area contributed by atoms with Gasteiger partial charge in [-0.3, -0.25) is 4.68 Å². The molecular formula is C15H18N4. The van der Waals surface area contributed by atoms with E-state index in [1.165, 1.54) is 24.0 Å². The number of rotatable bonds is 2. The average Bonchev–Trinajstić information content (AvgIpc) is 3.22. The molecule has 2 aliphatic rings. The highest BCUT2D eigenvalue weighted by molar-refractivity contribution is 5.36. The first kappa shape index (κ1) is 11.2. The maximum absolute atomic E-state index is 4.81. The predicted molar refractivity (Wildman–Crippen MR) is 73.0 cm³/mol. The van der Waals surface area contributed by atoms with Gasteiger partial charge in [-0.1, -0.05) is 24.3 Å². The van der Waals surface area contributed by atoms with Crippen LogP contribution in [0, 0.1) is 0 Å². The first-order valence-electron chi connectivity index (χ1n) is 7.02. The Balaban J connectivity index is 1.76. The summed E-state index contributed by atoms with van der Waals surface area (Å²) in [5.41, 5.74) is 2.79. The summed E-state index contributed by atoms with van der Waals surface area (Å²) in [6.07, 6.45) is 2.51. The first-order valence-corrected chi connectivity index (χ1v) is 7.02. The molecule has 0 saturated heterocycles. The van der Waals surface area contributed by atoms with Crippen LogP contribution in [0.2, 0.25) is 0 Å². The van der Waals surface area contributed by atoms with Gasteiger partial charge in [-0.25, -0.2) is 4.98 Å². The van der Waals surface area contributed by atoms with Crippen LogP contribution in [-0.2, 0) is 13.6 Å². The van der Waals surface area contributed by atoms with Gasteiger partial charge in [0, 0.05) is 26.1 Å². The van der Waals surface area contributed by atoms with E-state index < -0.39 is 0 Å². The van der Waals surface area contributed by atoms with E-state index in [9.17, 15) is 0 Å². The fourth-order valence-electron chi connectivity index (χ4n) is 2.96. The lowest BCUT2D eigenvalue weighted by Gasteiger charge is -2.25. The Labute approximate surface area is 112 Å². The number of nitrogens with zero attached hydrogens (tertiary/aromatic N) is 3. The predicted octanol–water partition coefficient (Wildman–Crippen LogP) is 1.93. The number of fused-ring (bicyclic) bond motifs is 1. The van der Waals surface area contributed by atoms with E-state index in [0.29, 0.717) is 11.8 Å². The Bertz CT molecular complexity index is 612. The Morgan fingerprint density at radius 2 is 2.11 bits per heavy atom. The van der Waals surface area contributed by atoms with Crippen LogP contribution >= 0.6 is 0 Å². The summed E-state index contributed by atoms with van der Waals surface area (Å²) in [6, 6.07) is 8.66. The molecule has 1 atom stereocenters. The van der Waals surface area contributed by atoms with Crippen molar-refractivity contribution in [3.05, 3.63) is 47.0 Å². The molecule has 0 radical (unpaired) electrons. The number of aromatic nitrogens is 3. The van der Waals surface area contributed by atoms with Crippen molar-refractivity contribution in [3.8, 4) is 0 Å². The van der Waals surface area contributed by atoms with E-state index in [2.05, 4.69) is 34.7 Å². The molecule has 2 heterocycles. The number of hydrogen-bond donors (Lipinski definition) is 1. The molecule has 1 aliphatic heterocycles. The van der Waals surface area contributed by atoms with Gasteiger partial charge in [0.05, 0.1) is 5.92 Å². The SMILES string of the molecule is Cn1nc(C2CC2)nc1C1CNCc2ccccc21. The molecule has 98 valence electrons. The standard InChI is InChI=1S/C15H18N4/c1-19-15(17-14(18-19)10-6-7-10)13-9-16-8-11-4-2-3-5-12(11)13/h2-5,10,13,16H,6-9H2,1H3. The molecule has 0 spiro atoms. The molecule has 4 heteroatoms. The summed E-state index contributed by atoms with van der Waals surface area (Å²) >= 11 is 0. The molecule has 1 fully saturated rings. The van der Waals surface area contributed by atoms with Crippen LogP contribution in [0.1, 0.15) is 47.5 Å². The van der Waals surface area contributed by atoms with Crippen molar-refractivity contribution in [1.29, 1.82) is 0 Å². The molecule has 1 aromatic heterocycles. The maximum Gasteiger partial charge on any atom is 0.154 e. The van der Waals surface area contributed by atoms with Gasteiger partial charge in [0.1, 0.15) is 5.82 Å². The summed E-state index contributed by atoms with van der Waals surface area (Å²) < 4.78 is 1.97. The summed E-state index contributed by atoms with van der Waals surface area (Å²) in [6.45, 7) is 1.91. The fourth-order valence-corrected chi connectivity index (χ4v) is 2.96. The van der Waals surface area contributed by atoms with E-state index in [1.54, 1.807) is 0 Å². The highest BCUT2D eigenvalue weighted by atomic mass is 15.3. The summed E-state index contributed by atoms with van der Waals surface area (Å²) in [5.74, 6) is 3.09. The molecule has 0 bridgehead atoms. The van der Waals surface area contributed by atoms with Crippen LogP contribution in [-0.4, -0.2) is 21.3 Å². The highest BCUT2D eigenvalue weighted by Gasteiger charge is 2.31. The van der Waals surface area contributed by atoms with E-state index in [1.807, 2.05) is 11.7 Å². The Hall–Kier alpha value is -1.68. The maximum atomic E-state index is 4.81. The van der Waals surface area contributed by atoms with Gasteiger partial charge < -0.3 is 5.32 Å². The number of aryl methyl sites for hydroxylation is 1. The van der Waals surface area contributed by atoms with Gasteiger partial charge in [0.15, 0.2) is 5.82 Å². The van der Waals surface area contributed by atoms with E-state index in [4.69, 9.17) is 4.98 Å². The van der Waals surface area contributed by atoms with Crippen molar-refractivity contribution < 1.29 is 0 Å². The van der Waals surface area contributed by atoms with Crippen molar-refractivity contribution >= 4 is 0 Å². The topological polar surface area (TPSA) is 42.7 Å². The van der Waals surface area contributed by atoms with Gasteiger partial charge >= 0.3 is 0 Å². The minimum Gasteiger partial charge on any atom is -0.312 e. The van der Waals surface area contributed by atoms with E-state index >= 15 is 0 Å². The second-order valence-corrected chi connectivity index (χ2v) is 5.61. The molecule has 1 aliphatic carbocycles. The smallest absolute Gasteiger partial charge is 0.154 e. The van der Waals surface area contributed by atoms with Crippen LogP contribution in [0.15, 0.2) is 24.3 Å². The molecule has 1 unspecified atom stereocenters. The minimum absolute atomic E-state index is 0.329. The van der Waals surface area contributed by atoms with Gasteiger partial charge in [0.25, 0.3) is 0 Å². The second kappa shape index (κ2) is 4.17. The molecule has 2 aromatic rings. The average molecular weight is 254 g/mol. The van der Waals surface area contributed by atoms with Crippen LogP contribution in [0.4, 0.5) is 0 Å². The molecule has 19 heavy (non-hydrogen) atoms.